The number of carbonyl (C=O) groups is 2. The Hall–Kier alpha value is -3.01. The summed E-state index contributed by atoms with van der Waals surface area (Å²) in [5, 5.41) is 4.34. The fourth-order valence-corrected chi connectivity index (χ4v) is 1.73. The smallest absolute Gasteiger partial charge is 0.326 e. The lowest BCUT2D eigenvalue weighted by Gasteiger charge is -2.10. The molecule has 0 bridgehead atoms. The zero-order chi connectivity index (χ0) is 15.4. The Morgan fingerprint density at radius 2 is 2.14 bits per heavy atom. The highest BCUT2D eigenvalue weighted by atomic mass is 19.1. The number of terminal acetylenes is 1. The maximum atomic E-state index is 14.0. The molecule has 0 spiro atoms. The van der Waals surface area contributed by atoms with E-state index in [9.17, 15) is 14.0 Å². The van der Waals surface area contributed by atoms with Crippen LogP contribution in [0.25, 0.3) is 6.08 Å². The monoisotopic (exact) mass is 290 g/mol. The van der Waals surface area contributed by atoms with Crippen LogP contribution >= 0.6 is 0 Å². The molecule has 0 aromatic heterocycles. The van der Waals surface area contributed by atoms with Crippen LogP contribution in [0.3, 0.4) is 0 Å². The number of nitrogens with one attached hydrogen (secondary N) is 2. The van der Waals surface area contributed by atoms with Crippen LogP contribution < -0.4 is 20.1 Å². The molecule has 1 saturated heterocycles. The van der Waals surface area contributed by atoms with E-state index in [1.54, 1.807) is 0 Å². The molecule has 21 heavy (non-hydrogen) atoms. The molecular formula is C14H11FN2O4. The number of urea groups is 1. The van der Waals surface area contributed by atoms with Gasteiger partial charge in [-0.1, -0.05) is 5.92 Å². The molecule has 1 heterocycles. The molecular weight excluding hydrogens is 279 g/mol. The van der Waals surface area contributed by atoms with E-state index in [0.29, 0.717) is 5.56 Å². The molecule has 1 aromatic rings. The largest absolute Gasteiger partial charge is 0.493 e. The molecule has 108 valence electrons. The van der Waals surface area contributed by atoms with Gasteiger partial charge in [0, 0.05) is 0 Å². The lowest BCUT2D eigenvalue weighted by atomic mass is 10.1. The molecule has 2 rings (SSSR count). The second-order valence-corrected chi connectivity index (χ2v) is 3.99. The standard InChI is InChI=1S/C14H11FN2O4/c1-3-4-21-12-9(15)5-8(7-11(12)20-2)6-10-13(18)17-14(19)16-10/h1,5-7H,4H2,2H3,(H2,16,17,18,19)/b10-6-. The summed E-state index contributed by atoms with van der Waals surface area (Å²) in [5.41, 5.74) is 0.337. The lowest BCUT2D eigenvalue weighted by Crippen LogP contribution is -2.22. The van der Waals surface area contributed by atoms with Crippen molar-refractivity contribution in [3.63, 3.8) is 0 Å². The van der Waals surface area contributed by atoms with Crippen molar-refractivity contribution in [1.29, 1.82) is 0 Å². The van der Waals surface area contributed by atoms with Crippen molar-refractivity contribution in [1.82, 2.24) is 10.6 Å². The fraction of sp³-hybridized carbons (Fsp3) is 0.143. The number of imide groups is 1. The molecule has 6 nitrogen and oxygen atoms in total. The molecule has 0 saturated carbocycles. The van der Waals surface area contributed by atoms with Gasteiger partial charge in [0.2, 0.25) is 0 Å². The summed E-state index contributed by atoms with van der Waals surface area (Å²) in [4.78, 5) is 22.4. The lowest BCUT2D eigenvalue weighted by molar-refractivity contribution is -0.115. The molecule has 0 radical (unpaired) electrons. The summed E-state index contributed by atoms with van der Waals surface area (Å²) in [6.07, 6.45) is 6.37. The maximum absolute atomic E-state index is 14.0. The zero-order valence-corrected chi connectivity index (χ0v) is 11.0. The Kier molecular flexibility index (Phi) is 4.09. The average molecular weight is 290 g/mol. The molecule has 3 amide bonds. The van der Waals surface area contributed by atoms with Gasteiger partial charge in [-0.25, -0.2) is 9.18 Å². The molecule has 0 atom stereocenters. The van der Waals surface area contributed by atoms with Gasteiger partial charge in [-0.3, -0.25) is 10.1 Å². The van der Waals surface area contributed by atoms with Gasteiger partial charge in [-0.2, -0.15) is 0 Å². The van der Waals surface area contributed by atoms with Crippen LogP contribution in [-0.2, 0) is 4.79 Å². The fourth-order valence-electron chi connectivity index (χ4n) is 1.73. The SMILES string of the molecule is C#CCOc1c(F)cc(/C=C2\NC(=O)NC2=O)cc1OC. The number of methoxy groups -OCH3 is 1. The Balaban J connectivity index is 2.37. The van der Waals surface area contributed by atoms with Crippen molar-refractivity contribution >= 4 is 18.0 Å². The van der Waals surface area contributed by atoms with E-state index >= 15 is 0 Å². The van der Waals surface area contributed by atoms with E-state index in [0.717, 1.165) is 6.07 Å². The first kappa shape index (κ1) is 14.4. The third-order valence-electron chi connectivity index (χ3n) is 2.58. The Morgan fingerprint density at radius 1 is 1.38 bits per heavy atom. The van der Waals surface area contributed by atoms with Gasteiger partial charge in [-0.15, -0.1) is 6.42 Å². The van der Waals surface area contributed by atoms with Crippen molar-refractivity contribution < 1.29 is 23.5 Å². The second kappa shape index (κ2) is 5.96. The van der Waals surface area contributed by atoms with Gasteiger partial charge in [-0.05, 0) is 23.8 Å². The Bertz CT molecular complexity index is 676. The molecule has 1 aliphatic rings. The van der Waals surface area contributed by atoms with Crippen LogP contribution in [0.4, 0.5) is 9.18 Å². The molecule has 0 unspecified atom stereocenters. The van der Waals surface area contributed by atoms with Crippen LogP contribution in [0.15, 0.2) is 17.8 Å². The first-order valence-corrected chi connectivity index (χ1v) is 5.83. The number of hydrogen-bond donors (Lipinski definition) is 2. The van der Waals surface area contributed by atoms with Gasteiger partial charge in [0.05, 0.1) is 7.11 Å². The molecule has 0 aliphatic carbocycles. The number of halogens is 1. The summed E-state index contributed by atoms with van der Waals surface area (Å²) in [6, 6.07) is 1.96. The van der Waals surface area contributed by atoms with Crippen molar-refractivity contribution in [3.05, 3.63) is 29.2 Å². The number of ether oxygens (including phenoxy) is 2. The van der Waals surface area contributed by atoms with Crippen LogP contribution in [0.1, 0.15) is 5.56 Å². The normalized spacial score (nSPS) is 15.4. The number of rotatable bonds is 4. The van der Waals surface area contributed by atoms with E-state index in [4.69, 9.17) is 15.9 Å². The van der Waals surface area contributed by atoms with Gasteiger partial charge in [0.1, 0.15) is 12.3 Å². The maximum Gasteiger partial charge on any atom is 0.326 e. The van der Waals surface area contributed by atoms with Crippen molar-refractivity contribution in [2.45, 2.75) is 0 Å². The molecule has 1 aliphatic heterocycles. The van der Waals surface area contributed by atoms with Gasteiger partial charge in [0.15, 0.2) is 17.3 Å². The van der Waals surface area contributed by atoms with Gasteiger partial charge in [0.25, 0.3) is 5.91 Å². The molecule has 1 aromatic carbocycles. The predicted molar refractivity (Wildman–Crippen MR) is 71.9 cm³/mol. The predicted octanol–water partition coefficient (Wildman–Crippen LogP) is 1.03. The van der Waals surface area contributed by atoms with E-state index in [-0.39, 0.29) is 23.8 Å². The highest BCUT2D eigenvalue weighted by Crippen LogP contribution is 2.32. The van der Waals surface area contributed by atoms with Crippen LogP contribution in [0.2, 0.25) is 0 Å². The molecule has 1 fully saturated rings. The third-order valence-corrected chi connectivity index (χ3v) is 2.58. The van der Waals surface area contributed by atoms with E-state index in [2.05, 4.69) is 11.2 Å². The highest BCUT2D eigenvalue weighted by molar-refractivity contribution is 6.14. The van der Waals surface area contributed by atoms with Crippen LogP contribution in [-0.4, -0.2) is 25.7 Å². The second-order valence-electron chi connectivity index (χ2n) is 3.99. The number of benzene rings is 1. The van der Waals surface area contributed by atoms with E-state index in [1.807, 2.05) is 5.32 Å². The zero-order valence-electron chi connectivity index (χ0n) is 11.0. The summed E-state index contributed by atoms with van der Waals surface area (Å²) in [5.74, 6) is 0.951. The van der Waals surface area contributed by atoms with Crippen molar-refractivity contribution in [2.75, 3.05) is 13.7 Å². The third kappa shape index (κ3) is 3.12. The van der Waals surface area contributed by atoms with Crippen molar-refractivity contribution in [3.8, 4) is 23.8 Å². The summed E-state index contributed by atoms with van der Waals surface area (Å²) in [6.45, 7) is -0.105. The van der Waals surface area contributed by atoms with E-state index < -0.39 is 17.8 Å². The Morgan fingerprint density at radius 3 is 2.71 bits per heavy atom. The topological polar surface area (TPSA) is 76.7 Å². The minimum Gasteiger partial charge on any atom is -0.493 e. The van der Waals surface area contributed by atoms with Gasteiger partial charge >= 0.3 is 6.03 Å². The average Bonchev–Trinajstić information content (AvgIpc) is 2.75. The number of hydrogen-bond acceptors (Lipinski definition) is 4. The summed E-state index contributed by atoms with van der Waals surface area (Å²) >= 11 is 0. The highest BCUT2D eigenvalue weighted by Gasteiger charge is 2.23. The van der Waals surface area contributed by atoms with Crippen LogP contribution in [0.5, 0.6) is 11.5 Å². The van der Waals surface area contributed by atoms with Crippen LogP contribution in [0, 0.1) is 18.2 Å². The van der Waals surface area contributed by atoms with Crippen molar-refractivity contribution in [2.24, 2.45) is 0 Å². The first-order chi connectivity index (χ1) is 10.0. The summed E-state index contributed by atoms with van der Waals surface area (Å²) < 4.78 is 24.1. The Labute approximate surface area is 119 Å². The van der Waals surface area contributed by atoms with Gasteiger partial charge < -0.3 is 14.8 Å². The molecule has 2 N–H and O–H groups in total. The number of carbonyl (C=O) groups excluding carboxylic acids is 2. The minimum atomic E-state index is -0.693. The number of amides is 3. The van der Waals surface area contributed by atoms with E-state index in [1.165, 1.54) is 19.3 Å². The molecule has 7 heteroatoms. The first-order valence-electron chi connectivity index (χ1n) is 5.83. The minimum absolute atomic E-state index is 0.0127. The summed E-state index contributed by atoms with van der Waals surface area (Å²) in [7, 11) is 1.35. The quantitative estimate of drug-likeness (QED) is 0.493.